The number of aromatic hydroxyl groups is 3. The highest BCUT2D eigenvalue weighted by molar-refractivity contribution is 6.32. The second-order valence-corrected chi connectivity index (χ2v) is 31.6. The third-order valence-electron chi connectivity index (χ3n) is 22.9. The van der Waals surface area contributed by atoms with Crippen molar-refractivity contribution >= 4 is 58.9 Å². The maximum atomic E-state index is 16.3. The van der Waals surface area contributed by atoms with E-state index >= 15 is 28.8 Å². The number of phenols is 3. The van der Waals surface area contributed by atoms with Gasteiger partial charge in [0.2, 0.25) is 59.3 Å². The number of halogens is 1. The van der Waals surface area contributed by atoms with Gasteiger partial charge in [-0.05, 0) is 171 Å². The van der Waals surface area contributed by atoms with Crippen LogP contribution in [0.25, 0.3) is 11.1 Å². The van der Waals surface area contributed by atoms with Crippen molar-refractivity contribution in [2.45, 2.75) is 202 Å². The van der Waals surface area contributed by atoms with E-state index in [9.17, 15) is 55.5 Å². The van der Waals surface area contributed by atoms with Crippen molar-refractivity contribution in [3.63, 3.8) is 0 Å². The molecule has 0 aromatic heterocycles. The summed E-state index contributed by atoms with van der Waals surface area (Å²) < 4.78 is 25.8. The van der Waals surface area contributed by atoms with Gasteiger partial charge in [-0.25, -0.2) is 0 Å². The van der Waals surface area contributed by atoms with Gasteiger partial charge in [0.15, 0.2) is 11.5 Å². The number of primary amides is 1. The molecular formula is C79H98ClN11O21. The fourth-order valence-corrected chi connectivity index (χ4v) is 17.5. The van der Waals surface area contributed by atoms with E-state index in [2.05, 4.69) is 60.1 Å². The Labute approximate surface area is 650 Å². The van der Waals surface area contributed by atoms with Crippen LogP contribution in [0.15, 0.2) is 72.8 Å². The van der Waals surface area contributed by atoms with Gasteiger partial charge in [-0.15, -0.1) is 0 Å². The maximum absolute atomic E-state index is 16.3. The van der Waals surface area contributed by atoms with Gasteiger partial charge < -0.3 is 124 Å². The monoisotopic (exact) mass is 1570 g/mol. The number of fused-ring (bicyclic) bond motifs is 16. The highest BCUT2D eigenvalue weighted by Gasteiger charge is 2.53. The van der Waals surface area contributed by atoms with E-state index < -0.39 is 185 Å². The molecule has 112 heavy (non-hydrogen) atoms. The topological polar surface area (TPSA) is 502 Å². The van der Waals surface area contributed by atoms with Crippen LogP contribution in [0.5, 0.6) is 46.0 Å². The van der Waals surface area contributed by atoms with E-state index in [0.29, 0.717) is 24.9 Å². The van der Waals surface area contributed by atoms with Crippen LogP contribution in [0.4, 0.5) is 0 Å². The molecule has 8 amide bonds. The van der Waals surface area contributed by atoms with Crippen LogP contribution >= 0.6 is 11.6 Å². The number of likely N-dealkylation sites (N-methyl/N-ethyl adjacent to an activating group) is 1. The van der Waals surface area contributed by atoms with Gasteiger partial charge >= 0.3 is 0 Å². The third kappa shape index (κ3) is 16.8. The minimum absolute atomic E-state index is 0.0739. The molecule has 18 bridgehead atoms. The molecule has 32 nitrogen and oxygen atoms in total. The summed E-state index contributed by atoms with van der Waals surface area (Å²) in [6.07, 6.45) is -7.83. The van der Waals surface area contributed by atoms with Crippen molar-refractivity contribution in [1.29, 1.82) is 0 Å². The Kier molecular flexibility index (Phi) is 24.5. The smallest absolute Gasteiger partial charge is 0.248 e. The summed E-state index contributed by atoms with van der Waals surface area (Å²) in [5, 5.41) is 138. The Morgan fingerprint density at radius 1 is 0.607 bits per heavy atom. The Hall–Kier alpha value is -9.45. The van der Waals surface area contributed by atoms with Gasteiger partial charge in [-0.1, -0.05) is 76.3 Å². The van der Waals surface area contributed by atoms with Crippen molar-refractivity contribution in [1.82, 2.24) is 53.2 Å². The van der Waals surface area contributed by atoms with Crippen molar-refractivity contribution in [3.05, 3.63) is 117 Å². The molecule has 5 aromatic rings. The first kappa shape index (κ1) is 80.6. The highest BCUT2D eigenvalue weighted by Crippen LogP contribution is 2.55. The fourth-order valence-electron chi connectivity index (χ4n) is 17.3. The van der Waals surface area contributed by atoms with Crippen LogP contribution < -0.4 is 73.1 Å². The molecule has 11 aliphatic rings. The summed E-state index contributed by atoms with van der Waals surface area (Å²) in [5.74, 6) is -12.6. The van der Waals surface area contributed by atoms with Crippen LogP contribution in [-0.4, -0.2) is 181 Å². The van der Waals surface area contributed by atoms with E-state index in [0.717, 1.165) is 101 Å². The molecule has 4 aliphatic carbocycles. The van der Waals surface area contributed by atoms with Gasteiger partial charge in [-0.3, -0.25) is 38.4 Å². The molecule has 602 valence electrons. The summed E-state index contributed by atoms with van der Waals surface area (Å²) in [6.45, 7) is 7.16. The SMILES string of the molecule is CCCCCCCNCCNCc1c(O)cc2c(c1O)-c1cc(ccc1O)[C@H]1NC(=O)[C@@H]3NC(=O)[C@H](CC(N)=O)NC(=O)[C@H](NC(=O)[C@@H](CC(C)C)NC)[C@H](O)c4ccc5c(c4)C(O)[C@H]4O[C@@H](Oc6c(cc3cc6O5)Oc3ccc(cc3Cl)[C@@H](O)[C@H](NC1=O)C(=O)N[C@@H]2C(=O)NC1C2CC3CC(C2)CC1C3)[C@H](O)[C@@H](O)[C@@H]4O. The average Bonchev–Trinajstić information content (AvgIpc) is 0.758. The molecule has 7 aliphatic heterocycles. The molecule has 1 saturated heterocycles. The van der Waals surface area contributed by atoms with Gasteiger partial charge in [-0.2, -0.15) is 0 Å². The second-order valence-electron chi connectivity index (χ2n) is 31.2. The van der Waals surface area contributed by atoms with Gasteiger partial charge in [0.05, 0.1) is 23.0 Å². The van der Waals surface area contributed by atoms with Gasteiger partial charge in [0.1, 0.15) is 108 Å². The fraction of sp³-hybridized carbons (Fsp3) is 0.519. The number of aliphatic hydroxyl groups excluding tert-OH is 6. The number of amides is 8. The summed E-state index contributed by atoms with van der Waals surface area (Å²) in [6, 6.07) is -0.0696. The van der Waals surface area contributed by atoms with Crippen LogP contribution in [0.2, 0.25) is 5.02 Å². The molecule has 5 aromatic carbocycles. The number of benzene rings is 5. The number of hydrogen-bond acceptors (Lipinski definition) is 24. The molecule has 1 unspecified atom stereocenters. The number of rotatable bonds is 20. The number of nitrogens with two attached hydrogens (primary N) is 1. The Bertz CT molecular complexity index is 4410. The predicted molar refractivity (Wildman–Crippen MR) is 400 cm³/mol. The Morgan fingerprint density at radius 2 is 1.25 bits per heavy atom. The minimum atomic E-state index is -2.28. The number of hydrogen-bond donors (Lipinski definition) is 20. The first-order valence-electron chi connectivity index (χ1n) is 38.4. The van der Waals surface area contributed by atoms with Crippen molar-refractivity contribution in [2.24, 2.45) is 35.3 Å². The molecule has 4 saturated carbocycles. The standard InChI is InChI=1S/C79H98ClN11O21/c1-5-6-7-8-9-16-83-17-18-84-32-45-50(93)30-44-56(65(45)97)42-25-36(10-13-49(42)92)58-74(104)91-62(78(108)89-60(44)76(106)86-57-39-21-34-20-35(23-39)24-40(57)22-34)64(96)38-12-15-52(46(80)27-38)110-54-29-41-28-53-70(54)111-79-69(101)67(99)68(100)71(112-79)66(98)43-26-37(11-14-51(43)109-53)63(95)61(90-72(102)47(82-4)19-33(2)3)77(107)85-48(31-55(81)94)73(103)87-59(41)75(105)88-58/h10-15,25-30,33-35,39-40,47-48,57-64,66-69,71,79,82-84,92-93,95-101H,5-9,16-24,31-32H2,1-4H3,(H2,81,94)(H,85,107)(H,86,106)(H,87,103)(H,88,105)(H,89,108)(H,90,102)(H,91,104)/t34?,35?,39?,40?,47-,48+,57?,58-,59-,60+,61-,62+,63-,64-,66?,67+,68+,69-,71-,79-/m1/s1. The Balaban J connectivity index is 0.993. The zero-order chi connectivity index (χ0) is 79.8. The van der Waals surface area contributed by atoms with E-state index in [-0.39, 0.29) is 97.8 Å². The van der Waals surface area contributed by atoms with Crippen molar-refractivity contribution < 1.29 is 103 Å². The van der Waals surface area contributed by atoms with Crippen LogP contribution in [0, 0.1) is 29.6 Å². The number of carbonyl (C=O) groups is 8. The molecule has 0 radical (unpaired) electrons. The van der Waals surface area contributed by atoms with Crippen LogP contribution in [0.1, 0.15) is 173 Å². The number of aliphatic hydroxyl groups is 6. The van der Waals surface area contributed by atoms with Gasteiger partial charge in [0, 0.05) is 42.4 Å². The summed E-state index contributed by atoms with van der Waals surface area (Å²) >= 11 is 7.17. The summed E-state index contributed by atoms with van der Waals surface area (Å²) in [5.41, 5.74) is 3.37. The lowest BCUT2D eigenvalue weighted by Gasteiger charge is -2.54. The highest BCUT2D eigenvalue weighted by atomic mass is 35.5. The van der Waals surface area contributed by atoms with Crippen molar-refractivity contribution in [3.8, 4) is 57.1 Å². The number of nitrogens with one attached hydrogen (secondary N) is 10. The molecule has 0 spiro atoms. The first-order chi connectivity index (χ1) is 53.6. The van der Waals surface area contributed by atoms with E-state index in [4.69, 9.17) is 36.3 Å². The predicted octanol–water partition coefficient (Wildman–Crippen LogP) is 2.78. The third-order valence-corrected chi connectivity index (χ3v) is 23.2. The Morgan fingerprint density at radius 3 is 1.93 bits per heavy atom. The molecular weight excluding hydrogens is 1470 g/mol. The zero-order valence-electron chi connectivity index (χ0n) is 62.2. The lowest BCUT2D eigenvalue weighted by Crippen LogP contribution is -2.60. The number of phenolic OH excluding ortho intramolecular Hbond substituents is 3. The number of carbonyl (C=O) groups excluding carboxylic acids is 8. The molecule has 7 heterocycles. The van der Waals surface area contributed by atoms with Crippen LogP contribution in [0.3, 0.4) is 0 Å². The van der Waals surface area contributed by atoms with Crippen molar-refractivity contribution in [2.75, 3.05) is 26.7 Å². The quantitative estimate of drug-likeness (QED) is 0.0498. The first-order valence-corrected chi connectivity index (χ1v) is 38.7. The number of ether oxygens (including phenoxy) is 4. The summed E-state index contributed by atoms with van der Waals surface area (Å²) in [7, 11) is 1.48. The molecule has 16 rings (SSSR count). The van der Waals surface area contributed by atoms with E-state index in [1.807, 2.05) is 13.8 Å². The molecule has 33 heteroatoms. The normalized spacial score (nSPS) is 29.5. The lowest BCUT2D eigenvalue weighted by atomic mass is 9.54. The minimum Gasteiger partial charge on any atom is -0.507 e. The zero-order valence-corrected chi connectivity index (χ0v) is 63.0. The molecule has 15 atom stereocenters. The maximum Gasteiger partial charge on any atom is 0.248 e. The molecule has 5 fully saturated rings. The largest absolute Gasteiger partial charge is 0.507 e. The second kappa shape index (κ2) is 34.1. The van der Waals surface area contributed by atoms with E-state index in [1.165, 1.54) is 49.5 Å². The number of unbranched alkanes of at least 4 members (excludes halogenated alkanes) is 4. The average molecular weight is 1570 g/mol. The van der Waals surface area contributed by atoms with Gasteiger partial charge in [0.25, 0.3) is 0 Å². The lowest BCUT2D eigenvalue weighted by molar-refractivity contribution is -0.290. The summed E-state index contributed by atoms with van der Waals surface area (Å²) in [4.78, 5) is 122. The van der Waals surface area contributed by atoms with E-state index in [1.54, 1.807) is 0 Å². The van der Waals surface area contributed by atoms with Crippen LogP contribution in [-0.2, 0) is 49.6 Å². The molecule has 21 N–H and O–H groups in total.